The van der Waals surface area contributed by atoms with Crippen LogP contribution < -0.4 is 10.6 Å². The summed E-state index contributed by atoms with van der Waals surface area (Å²) in [5.74, 6) is -0.677. The highest BCUT2D eigenvalue weighted by atomic mass is 35.5. The third-order valence-corrected chi connectivity index (χ3v) is 3.34. The number of hydrogen-bond donors (Lipinski definition) is 2. The summed E-state index contributed by atoms with van der Waals surface area (Å²) >= 11 is 5.99. The normalized spacial score (nSPS) is 10.0. The van der Waals surface area contributed by atoms with Crippen molar-refractivity contribution < 1.29 is 9.59 Å². The Morgan fingerprint density at radius 2 is 1.73 bits per heavy atom. The molecule has 2 N–H and O–H groups in total. The molecule has 1 heterocycles. The van der Waals surface area contributed by atoms with Crippen LogP contribution in [-0.4, -0.2) is 16.8 Å². The van der Waals surface area contributed by atoms with Gasteiger partial charge in [0, 0.05) is 30.5 Å². The highest BCUT2D eigenvalue weighted by Crippen LogP contribution is 2.14. The molecule has 22 heavy (non-hydrogen) atoms. The Morgan fingerprint density at radius 3 is 2.41 bits per heavy atom. The first-order valence-electron chi connectivity index (χ1n) is 6.81. The molecule has 0 unspecified atom stereocenters. The van der Waals surface area contributed by atoms with Crippen molar-refractivity contribution >= 4 is 23.4 Å². The number of rotatable bonds is 6. The number of pyridine rings is 1. The maximum atomic E-state index is 11.7. The summed E-state index contributed by atoms with van der Waals surface area (Å²) in [5.41, 5.74) is 1.70. The van der Waals surface area contributed by atoms with Crippen LogP contribution in [0.2, 0.25) is 5.02 Å². The minimum atomic E-state index is -0.344. The van der Waals surface area contributed by atoms with Gasteiger partial charge < -0.3 is 10.6 Å². The van der Waals surface area contributed by atoms with E-state index in [1.165, 1.54) is 0 Å². The van der Waals surface area contributed by atoms with E-state index in [1.807, 2.05) is 24.3 Å². The van der Waals surface area contributed by atoms with E-state index in [-0.39, 0.29) is 18.2 Å². The van der Waals surface area contributed by atoms with Gasteiger partial charge >= 0.3 is 0 Å². The number of carbonyl (C=O) groups is 2. The average molecular weight is 318 g/mol. The lowest BCUT2D eigenvalue weighted by atomic mass is 10.2. The second-order valence-electron chi connectivity index (χ2n) is 4.68. The van der Waals surface area contributed by atoms with Gasteiger partial charge in [-0.1, -0.05) is 35.9 Å². The van der Waals surface area contributed by atoms with Crippen molar-refractivity contribution in [3.05, 3.63) is 64.9 Å². The van der Waals surface area contributed by atoms with Gasteiger partial charge in [-0.05, 0) is 23.3 Å². The fraction of sp³-hybridized carbons (Fsp3) is 0.188. The molecule has 0 spiro atoms. The molecule has 0 saturated heterocycles. The molecule has 0 aliphatic carbocycles. The van der Waals surface area contributed by atoms with Gasteiger partial charge in [-0.15, -0.1) is 0 Å². The van der Waals surface area contributed by atoms with Gasteiger partial charge in [0.2, 0.25) is 11.8 Å². The van der Waals surface area contributed by atoms with Gasteiger partial charge in [-0.25, -0.2) is 0 Å². The fourth-order valence-corrected chi connectivity index (χ4v) is 2.01. The molecule has 0 saturated carbocycles. The van der Waals surface area contributed by atoms with E-state index in [9.17, 15) is 9.59 Å². The zero-order chi connectivity index (χ0) is 15.8. The van der Waals surface area contributed by atoms with E-state index in [4.69, 9.17) is 11.6 Å². The van der Waals surface area contributed by atoms with Crippen molar-refractivity contribution in [2.45, 2.75) is 19.5 Å². The summed E-state index contributed by atoms with van der Waals surface area (Å²) in [6, 6.07) is 10.9. The van der Waals surface area contributed by atoms with Gasteiger partial charge in [0.15, 0.2) is 0 Å². The van der Waals surface area contributed by atoms with Gasteiger partial charge in [-0.3, -0.25) is 14.6 Å². The van der Waals surface area contributed by atoms with Crippen LogP contribution in [0, 0.1) is 0 Å². The zero-order valence-corrected chi connectivity index (χ0v) is 12.6. The third kappa shape index (κ3) is 5.18. The minimum Gasteiger partial charge on any atom is -0.352 e. The maximum Gasteiger partial charge on any atom is 0.229 e. The fourth-order valence-electron chi connectivity index (χ4n) is 1.81. The second-order valence-corrected chi connectivity index (χ2v) is 5.09. The first-order valence-corrected chi connectivity index (χ1v) is 7.18. The Morgan fingerprint density at radius 1 is 1.00 bits per heavy atom. The number of aromatic nitrogens is 1. The van der Waals surface area contributed by atoms with E-state index in [0.29, 0.717) is 18.1 Å². The Bertz CT molecular complexity index is 647. The lowest BCUT2D eigenvalue weighted by Crippen LogP contribution is -2.31. The smallest absolute Gasteiger partial charge is 0.229 e. The molecule has 0 fully saturated rings. The minimum absolute atomic E-state index is 0.218. The van der Waals surface area contributed by atoms with Gasteiger partial charge in [0.25, 0.3) is 0 Å². The van der Waals surface area contributed by atoms with Crippen molar-refractivity contribution in [3.63, 3.8) is 0 Å². The second kappa shape index (κ2) is 8.14. The van der Waals surface area contributed by atoms with Crippen LogP contribution >= 0.6 is 11.6 Å². The maximum absolute atomic E-state index is 11.7. The van der Waals surface area contributed by atoms with Crippen LogP contribution in [0.15, 0.2) is 48.8 Å². The molecule has 5 nitrogen and oxygen atoms in total. The standard InChI is InChI=1S/C16H16ClN3O2/c17-14-6-2-1-5-13(14)11-20-16(22)8-15(21)19-10-12-4-3-7-18-9-12/h1-7,9H,8,10-11H2,(H,19,21)(H,20,22). The molecule has 2 rings (SSSR count). The van der Waals surface area contributed by atoms with Crippen LogP contribution in [0.4, 0.5) is 0 Å². The summed E-state index contributed by atoms with van der Waals surface area (Å²) in [4.78, 5) is 27.4. The monoisotopic (exact) mass is 317 g/mol. The number of benzene rings is 1. The summed E-state index contributed by atoms with van der Waals surface area (Å²) in [6.07, 6.45) is 3.11. The Hall–Kier alpha value is -2.40. The first kappa shape index (κ1) is 16.0. The quantitative estimate of drug-likeness (QED) is 0.801. The summed E-state index contributed by atoms with van der Waals surface area (Å²) in [5, 5.41) is 5.93. The predicted molar refractivity (Wildman–Crippen MR) is 84.0 cm³/mol. The average Bonchev–Trinajstić information content (AvgIpc) is 2.53. The summed E-state index contributed by atoms with van der Waals surface area (Å²) in [6.45, 7) is 0.652. The summed E-state index contributed by atoms with van der Waals surface area (Å²) < 4.78 is 0. The lowest BCUT2D eigenvalue weighted by molar-refractivity contribution is -0.129. The number of nitrogens with zero attached hydrogens (tertiary/aromatic N) is 1. The topological polar surface area (TPSA) is 71.1 Å². The van der Waals surface area contributed by atoms with Crippen LogP contribution in [0.25, 0.3) is 0 Å². The number of carbonyl (C=O) groups excluding carboxylic acids is 2. The highest BCUT2D eigenvalue weighted by Gasteiger charge is 2.09. The summed E-state index contributed by atoms with van der Waals surface area (Å²) in [7, 11) is 0. The number of amides is 2. The lowest BCUT2D eigenvalue weighted by Gasteiger charge is -2.07. The van der Waals surface area contributed by atoms with Crippen molar-refractivity contribution in [1.29, 1.82) is 0 Å². The number of nitrogens with one attached hydrogen (secondary N) is 2. The first-order chi connectivity index (χ1) is 10.6. The molecular formula is C16H16ClN3O2. The van der Waals surface area contributed by atoms with E-state index in [1.54, 1.807) is 24.5 Å². The molecule has 1 aromatic heterocycles. The van der Waals surface area contributed by atoms with E-state index in [2.05, 4.69) is 15.6 Å². The van der Waals surface area contributed by atoms with Crippen molar-refractivity contribution in [1.82, 2.24) is 15.6 Å². The Kier molecular flexibility index (Phi) is 5.91. The Labute approximate surface area is 133 Å². The molecule has 0 bridgehead atoms. The molecule has 2 aromatic rings. The van der Waals surface area contributed by atoms with Gasteiger partial charge in [-0.2, -0.15) is 0 Å². The van der Waals surface area contributed by atoms with Crippen LogP contribution in [-0.2, 0) is 22.7 Å². The molecule has 0 aliphatic rings. The molecule has 6 heteroatoms. The van der Waals surface area contributed by atoms with Crippen LogP contribution in [0.3, 0.4) is 0 Å². The molecule has 0 aliphatic heterocycles. The van der Waals surface area contributed by atoms with Crippen molar-refractivity contribution in [2.24, 2.45) is 0 Å². The molecule has 0 atom stereocenters. The van der Waals surface area contributed by atoms with E-state index in [0.717, 1.165) is 11.1 Å². The molecular weight excluding hydrogens is 302 g/mol. The molecule has 0 radical (unpaired) electrons. The molecule has 2 amide bonds. The van der Waals surface area contributed by atoms with E-state index >= 15 is 0 Å². The molecule has 1 aromatic carbocycles. The predicted octanol–water partition coefficient (Wildman–Crippen LogP) is 2.06. The number of halogens is 1. The Balaban J connectivity index is 1.72. The van der Waals surface area contributed by atoms with Gasteiger partial charge in [0.1, 0.15) is 6.42 Å². The largest absolute Gasteiger partial charge is 0.352 e. The van der Waals surface area contributed by atoms with Crippen molar-refractivity contribution in [2.75, 3.05) is 0 Å². The van der Waals surface area contributed by atoms with Crippen molar-refractivity contribution in [3.8, 4) is 0 Å². The van der Waals surface area contributed by atoms with E-state index < -0.39 is 0 Å². The molecule has 114 valence electrons. The SMILES string of the molecule is O=C(CC(=O)NCc1ccccc1Cl)NCc1cccnc1. The van der Waals surface area contributed by atoms with Crippen LogP contribution in [0.1, 0.15) is 17.5 Å². The number of hydrogen-bond acceptors (Lipinski definition) is 3. The zero-order valence-electron chi connectivity index (χ0n) is 11.9. The highest BCUT2D eigenvalue weighted by molar-refractivity contribution is 6.31. The van der Waals surface area contributed by atoms with Gasteiger partial charge in [0.05, 0.1) is 0 Å². The third-order valence-electron chi connectivity index (χ3n) is 2.97. The van der Waals surface area contributed by atoms with Crippen LogP contribution in [0.5, 0.6) is 0 Å².